The van der Waals surface area contributed by atoms with Gasteiger partial charge in [-0.1, -0.05) is 6.42 Å². The highest BCUT2D eigenvalue weighted by Crippen LogP contribution is 2.50. The molecule has 19 heavy (non-hydrogen) atoms. The first-order valence-corrected chi connectivity index (χ1v) is 7.57. The lowest BCUT2D eigenvalue weighted by Gasteiger charge is -2.26. The molecule has 4 unspecified atom stereocenters. The molecule has 1 aromatic carbocycles. The van der Waals surface area contributed by atoms with Gasteiger partial charge >= 0.3 is 0 Å². The van der Waals surface area contributed by atoms with E-state index in [0.29, 0.717) is 0 Å². The van der Waals surface area contributed by atoms with Crippen LogP contribution in [0.25, 0.3) is 0 Å². The highest BCUT2D eigenvalue weighted by Gasteiger charge is 2.40. The third kappa shape index (κ3) is 2.43. The molecule has 2 aliphatic carbocycles. The highest BCUT2D eigenvalue weighted by molar-refractivity contribution is 5.36. The lowest BCUT2D eigenvalue weighted by Crippen LogP contribution is -2.21. The largest absolute Gasteiger partial charge is 0.324 e. The molecule has 2 fully saturated rings. The van der Waals surface area contributed by atoms with E-state index in [2.05, 4.69) is 0 Å². The summed E-state index contributed by atoms with van der Waals surface area (Å²) in [5.41, 5.74) is 9.62. The normalized spacial score (nSPS) is 30.8. The van der Waals surface area contributed by atoms with Gasteiger partial charge in [-0.2, -0.15) is 0 Å². The first kappa shape index (κ1) is 13.1. The monoisotopic (exact) mass is 261 g/mol. The van der Waals surface area contributed by atoms with Gasteiger partial charge in [0.05, 0.1) is 0 Å². The van der Waals surface area contributed by atoms with E-state index in [1.54, 1.807) is 12.1 Å². The molecule has 104 valence electrons. The number of hydrogen-bond donors (Lipinski definition) is 1. The molecule has 4 atom stereocenters. The van der Waals surface area contributed by atoms with Crippen molar-refractivity contribution in [1.82, 2.24) is 0 Å². The van der Waals surface area contributed by atoms with Gasteiger partial charge in [-0.3, -0.25) is 0 Å². The summed E-state index contributed by atoms with van der Waals surface area (Å²) in [6.45, 7) is 3.96. The quantitative estimate of drug-likeness (QED) is 0.864. The molecule has 1 nitrogen and oxygen atoms in total. The number of rotatable bonds is 3. The second-order valence-electron chi connectivity index (χ2n) is 6.73. The summed E-state index contributed by atoms with van der Waals surface area (Å²) in [4.78, 5) is 0. The topological polar surface area (TPSA) is 26.0 Å². The van der Waals surface area contributed by atoms with Crippen LogP contribution in [-0.2, 0) is 0 Å². The molecule has 0 spiro atoms. The Morgan fingerprint density at radius 3 is 2.42 bits per heavy atom. The molecule has 3 rings (SSSR count). The van der Waals surface area contributed by atoms with Crippen LogP contribution < -0.4 is 5.73 Å². The van der Waals surface area contributed by atoms with Crippen LogP contribution in [0.15, 0.2) is 12.1 Å². The van der Waals surface area contributed by atoms with E-state index in [9.17, 15) is 4.39 Å². The predicted octanol–water partition coefficient (Wildman–Crippen LogP) is 4.27. The van der Waals surface area contributed by atoms with Crippen LogP contribution in [0.2, 0.25) is 0 Å². The molecule has 2 N–H and O–H groups in total. The van der Waals surface area contributed by atoms with Crippen molar-refractivity contribution in [3.8, 4) is 0 Å². The lowest BCUT2D eigenvalue weighted by molar-refractivity contribution is 0.295. The zero-order valence-corrected chi connectivity index (χ0v) is 12.0. The lowest BCUT2D eigenvalue weighted by atomic mass is 9.81. The Hall–Kier alpha value is -0.890. The van der Waals surface area contributed by atoms with Crippen molar-refractivity contribution in [2.75, 3.05) is 0 Å². The first-order valence-electron chi connectivity index (χ1n) is 7.57. The highest BCUT2D eigenvalue weighted by atomic mass is 19.1. The summed E-state index contributed by atoms with van der Waals surface area (Å²) >= 11 is 0. The maximum absolute atomic E-state index is 13.4. The second-order valence-corrected chi connectivity index (χ2v) is 6.73. The summed E-state index contributed by atoms with van der Waals surface area (Å²) in [6, 6.07) is 3.30. The summed E-state index contributed by atoms with van der Waals surface area (Å²) < 4.78 is 13.4. The Bertz CT molecular complexity index is 459. The van der Waals surface area contributed by atoms with Gasteiger partial charge in [0.2, 0.25) is 0 Å². The predicted molar refractivity (Wildman–Crippen MR) is 76.4 cm³/mol. The molecule has 2 saturated carbocycles. The van der Waals surface area contributed by atoms with Crippen LogP contribution in [0.3, 0.4) is 0 Å². The van der Waals surface area contributed by atoms with Gasteiger partial charge in [0.25, 0.3) is 0 Å². The van der Waals surface area contributed by atoms with Gasteiger partial charge in [-0.15, -0.1) is 0 Å². The van der Waals surface area contributed by atoms with Crippen LogP contribution in [0, 0.1) is 37.4 Å². The van der Waals surface area contributed by atoms with Crippen molar-refractivity contribution in [2.24, 2.45) is 23.5 Å². The smallest absolute Gasteiger partial charge is 0.123 e. The summed E-state index contributed by atoms with van der Waals surface area (Å²) in [5, 5.41) is 0. The number of nitrogens with two attached hydrogens (primary N) is 1. The zero-order valence-electron chi connectivity index (χ0n) is 12.0. The molecular weight excluding hydrogens is 237 g/mol. The van der Waals surface area contributed by atoms with Crippen LogP contribution in [0.4, 0.5) is 4.39 Å². The molecule has 0 radical (unpaired) electrons. The van der Waals surface area contributed by atoms with E-state index in [-0.39, 0.29) is 11.9 Å². The number of benzene rings is 1. The third-order valence-corrected chi connectivity index (χ3v) is 5.37. The fraction of sp³-hybridized carbons (Fsp3) is 0.647. The van der Waals surface area contributed by atoms with Gasteiger partial charge in [0, 0.05) is 6.04 Å². The average molecular weight is 261 g/mol. The Labute approximate surface area is 115 Å². The molecule has 2 heteroatoms. The van der Waals surface area contributed by atoms with Gasteiger partial charge in [-0.25, -0.2) is 4.39 Å². The van der Waals surface area contributed by atoms with E-state index >= 15 is 0 Å². The average Bonchev–Trinajstić information content (AvgIpc) is 2.89. The molecule has 0 heterocycles. The van der Waals surface area contributed by atoms with Crippen LogP contribution in [-0.4, -0.2) is 0 Å². The van der Waals surface area contributed by atoms with Crippen molar-refractivity contribution in [3.63, 3.8) is 0 Å². The van der Waals surface area contributed by atoms with Crippen LogP contribution in [0.5, 0.6) is 0 Å². The summed E-state index contributed by atoms with van der Waals surface area (Å²) in [7, 11) is 0. The van der Waals surface area contributed by atoms with E-state index in [0.717, 1.165) is 35.3 Å². The maximum atomic E-state index is 13.4. The molecule has 0 aliphatic heterocycles. The van der Waals surface area contributed by atoms with Crippen molar-refractivity contribution in [3.05, 3.63) is 34.6 Å². The van der Waals surface area contributed by atoms with E-state index < -0.39 is 0 Å². The van der Waals surface area contributed by atoms with Gasteiger partial charge < -0.3 is 5.73 Å². The Kier molecular flexibility index (Phi) is 3.38. The van der Waals surface area contributed by atoms with E-state index in [1.165, 1.54) is 31.2 Å². The van der Waals surface area contributed by atoms with E-state index in [1.807, 2.05) is 13.8 Å². The minimum atomic E-state index is -0.147. The minimum absolute atomic E-state index is 0.0740. The first-order chi connectivity index (χ1) is 9.04. The Balaban J connectivity index is 1.75. The number of halogens is 1. The minimum Gasteiger partial charge on any atom is -0.324 e. The van der Waals surface area contributed by atoms with Gasteiger partial charge in [0.1, 0.15) is 5.82 Å². The Morgan fingerprint density at radius 1 is 1.21 bits per heavy atom. The molecule has 0 saturated heterocycles. The molecule has 0 aromatic heterocycles. The van der Waals surface area contributed by atoms with Gasteiger partial charge in [0.15, 0.2) is 0 Å². The fourth-order valence-corrected chi connectivity index (χ4v) is 4.62. The standard InChI is InChI=1S/C17H24FN/c1-10-5-15(18)6-11(2)17(10)16(19)9-14-8-12-3-4-13(14)7-12/h5-6,12-14,16H,3-4,7-9,19H2,1-2H3. The molecule has 0 amide bonds. The molecule has 2 aliphatic rings. The number of aryl methyl sites for hydroxylation is 2. The van der Waals surface area contributed by atoms with Crippen molar-refractivity contribution in [1.29, 1.82) is 0 Å². The zero-order chi connectivity index (χ0) is 13.6. The number of fused-ring (bicyclic) bond motifs is 2. The third-order valence-electron chi connectivity index (χ3n) is 5.37. The maximum Gasteiger partial charge on any atom is 0.123 e. The van der Waals surface area contributed by atoms with Crippen molar-refractivity contribution in [2.45, 2.75) is 52.0 Å². The summed E-state index contributed by atoms with van der Waals surface area (Å²) in [6.07, 6.45) is 6.72. The van der Waals surface area contributed by atoms with Gasteiger partial charge in [-0.05, 0) is 86.1 Å². The van der Waals surface area contributed by atoms with Crippen LogP contribution in [0.1, 0.15) is 54.8 Å². The molecule has 1 aromatic rings. The van der Waals surface area contributed by atoms with Crippen molar-refractivity contribution >= 4 is 0 Å². The van der Waals surface area contributed by atoms with Crippen LogP contribution >= 0.6 is 0 Å². The molecular formula is C17H24FN. The number of hydrogen-bond acceptors (Lipinski definition) is 1. The molecule has 2 bridgehead atoms. The van der Waals surface area contributed by atoms with Crippen molar-refractivity contribution < 1.29 is 4.39 Å². The Morgan fingerprint density at radius 2 is 1.89 bits per heavy atom. The van der Waals surface area contributed by atoms with E-state index in [4.69, 9.17) is 5.73 Å². The SMILES string of the molecule is Cc1cc(F)cc(C)c1C(N)CC1CC2CCC1C2. The summed E-state index contributed by atoms with van der Waals surface area (Å²) in [5.74, 6) is 2.54. The second kappa shape index (κ2) is 4.90. The fourth-order valence-electron chi connectivity index (χ4n) is 4.62.